The Bertz CT molecular complexity index is 1070. The van der Waals surface area contributed by atoms with Crippen LogP contribution >= 0.6 is 11.6 Å². The van der Waals surface area contributed by atoms with Crippen molar-refractivity contribution in [3.8, 4) is 0 Å². The van der Waals surface area contributed by atoms with Crippen molar-refractivity contribution in [2.24, 2.45) is 0 Å². The summed E-state index contributed by atoms with van der Waals surface area (Å²) in [5.74, 6) is 0. The summed E-state index contributed by atoms with van der Waals surface area (Å²) in [6, 6.07) is 5.00. The van der Waals surface area contributed by atoms with Crippen molar-refractivity contribution < 1.29 is 27.8 Å². The molecule has 1 amide bonds. The Morgan fingerprint density at radius 3 is 2.28 bits per heavy atom. The van der Waals surface area contributed by atoms with E-state index in [1.807, 2.05) is 34.6 Å². The number of aliphatic hydroxyl groups excluding tert-OH is 1. The van der Waals surface area contributed by atoms with Gasteiger partial charge in [0.1, 0.15) is 5.60 Å². The van der Waals surface area contributed by atoms with Gasteiger partial charge in [-0.2, -0.15) is 4.31 Å². The molecule has 1 aromatic carbocycles. The number of piperazine rings is 1. The number of aliphatic hydroxyl groups is 1. The van der Waals surface area contributed by atoms with Crippen LogP contribution in [0.5, 0.6) is 0 Å². The van der Waals surface area contributed by atoms with Crippen LogP contribution in [0.25, 0.3) is 0 Å². The first kappa shape index (κ1) is 27.6. The van der Waals surface area contributed by atoms with Gasteiger partial charge in [0, 0.05) is 36.7 Å². The first-order valence-corrected chi connectivity index (χ1v) is 14.3. The van der Waals surface area contributed by atoms with Gasteiger partial charge in [-0.1, -0.05) is 11.6 Å². The lowest BCUT2D eigenvalue weighted by Gasteiger charge is -2.50. The normalized spacial score (nSPS) is 27.0. The molecule has 2 atom stereocenters. The Balaban J connectivity index is 1.54. The van der Waals surface area contributed by atoms with Crippen LogP contribution in [0.1, 0.15) is 47.5 Å². The van der Waals surface area contributed by atoms with E-state index in [1.165, 1.54) is 16.4 Å². The Morgan fingerprint density at radius 2 is 1.75 bits per heavy atom. The van der Waals surface area contributed by atoms with E-state index in [9.17, 15) is 18.3 Å². The number of hydrogen-bond acceptors (Lipinski definition) is 7. The largest absolute Gasteiger partial charge is 0.441 e. The topological polar surface area (TPSA) is 99.6 Å². The van der Waals surface area contributed by atoms with Gasteiger partial charge in [-0.25, -0.2) is 13.2 Å². The molecular formula is C25H38ClN3O6S. The lowest BCUT2D eigenvalue weighted by Crippen LogP contribution is -2.66. The molecule has 0 spiro atoms. The van der Waals surface area contributed by atoms with E-state index in [4.69, 9.17) is 21.1 Å². The number of halogens is 1. The molecule has 36 heavy (non-hydrogen) atoms. The molecule has 2 aliphatic heterocycles. The molecule has 0 aromatic heterocycles. The Morgan fingerprint density at radius 1 is 1.17 bits per heavy atom. The molecule has 9 nitrogen and oxygen atoms in total. The fraction of sp³-hybridized carbons (Fsp3) is 0.720. The molecule has 2 saturated heterocycles. The summed E-state index contributed by atoms with van der Waals surface area (Å²) in [4.78, 5) is 17.2. The van der Waals surface area contributed by atoms with Crippen molar-refractivity contribution in [2.75, 3.05) is 39.4 Å². The van der Waals surface area contributed by atoms with Crippen LogP contribution in [0.2, 0.25) is 5.02 Å². The summed E-state index contributed by atoms with van der Waals surface area (Å²) < 4.78 is 41.5. The average molecular weight is 544 g/mol. The number of carbonyl (C=O) groups excluding carboxylic acids is 1. The predicted molar refractivity (Wildman–Crippen MR) is 137 cm³/mol. The van der Waals surface area contributed by atoms with Crippen molar-refractivity contribution in [3.63, 3.8) is 0 Å². The molecule has 2 heterocycles. The number of rotatable bonds is 6. The maximum absolute atomic E-state index is 13.9. The van der Waals surface area contributed by atoms with Crippen LogP contribution in [-0.4, -0.2) is 102 Å². The Kier molecular flexibility index (Phi) is 7.44. The molecule has 1 aliphatic carbocycles. The van der Waals surface area contributed by atoms with Gasteiger partial charge in [-0.15, -0.1) is 0 Å². The van der Waals surface area contributed by atoms with Gasteiger partial charge in [0.25, 0.3) is 0 Å². The number of hydrogen-bond donors (Lipinski definition) is 1. The molecule has 0 bridgehead atoms. The zero-order valence-electron chi connectivity index (χ0n) is 21.7. The van der Waals surface area contributed by atoms with Gasteiger partial charge < -0.3 is 19.5 Å². The van der Waals surface area contributed by atoms with E-state index >= 15 is 0 Å². The quantitative estimate of drug-likeness (QED) is 0.589. The fourth-order valence-electron chi connectivity index (χ4n) is 5.01. The number of nitrogens with zero attached hydrogens (tertiary/aromatic N) is 3. The average Bonchev–Trinajstić information content (AvgIpc) is 3.61. The molecule has 1 N–H and O–H groups in total. The zero-order chi connectivity index (χ0) is 26.5. The van der Waals surface area contributed by atoms with Crippen LogP contribution < -0.4 is 0 Å². The maximum Gasteiger partial charge on any atom is 0.410 e. The smallest absolute Gasteiger partial charge is 0.410 e. The van der Waals surface area contributed by atoms with E-state index < -0.39 is 39.4 Å². The summed E-state index contributed by atoms with van der Waals surface area (Å²) >= 11 is 6.00. The minimum Gasteiger partial charge on any atom is -0.441 e. The monoisotopic (exact) mass is 543 g/mol. The second kappa shape index (κ2) is 9.71. The van der Waals surface area contributed by atoms with Gasteiger partial charge in [-0.3, -0.25) is 4.90 Å². The number of ether oxygens (including phenoxy) is 2. The van der Waals surface area contributed by atoms with E-state index in [-0.39, 0.29) is 23.6 Å². The summed E-state index contributed by atoms with van der Waals surface area (Å²) in [6.07, 6.45) is 0.712. The standard InChI is InChI=1S/C25H38ClN3O6S/c1-18-24(4,5)34-16-21(29(18)36(32,33)20-8-6-19(26)7-9-20)25(10-11-25)35-22(31)27-12-14-28(15-13-27)23(2,3)17-30/h6-9,18,21,30H,10-17H2,1-5H3/t18-,21-/m1/s1. The second-order valence-electron chi connectivity index (χ2n) is 11.3. The molecule has 0 radical (unpaired) electrons. The van der Waals surface area contributed by atoms with Crippen LogP contribution in [0, 0.1) is 0 Å². The van der Waals surface area contributed by atoms with E-state index in [0.29, 0.717) is 44.0 Å². The molecule has 11 heteroatoms. The highest BCUT2D eigenvalue weighted by Gasteiger charge is 2.62. The van der Waals surface area contributed by atoms with E-state index in [1.54, 1.807) is 17.0 Å². The Labute approximate surface area is 219 Å². The third kappa shape index (κ3) is 5.13. The predicted octanol–water partition coefficient (Wildman–Crippen LogP) is 2.95. The number of carbonyl (C=O) groups is 1. The van der Waals surface area contributed by atoms with Gasteiger partial charge in [0.15, 0.2) is 0 Å². The minimum atomic E-state index is -3.92. The summed E-state index contributed by atoms with van der Waals surface area (Å²) in [5.41, 5.74) is -2.00. The van der Waals surface area contributed by atoms with Gasteiger partial charge in [0.2, 0.25) is 10.0 Å². The highest BCUT2D eigenvalue weighted by atomic mass is 35.5. The molecule has 1 saturated carbocycles. The SMILES string of the molecule is C[C@H]1N(S(=O)(=O)c2ccc(Cl)cc2)[C@@H](C2(OC(=O)N3CCN(C(C)(C)CO)CC3)CC2)COC1(C)C. The van der Waals surface area contributed by atoms with Crippen molar-refractivity contribution in [1.29, 1.82) is 0 Å². The van der Waals surface area contributed by atoms with Crippen molar-refractivity contribution in [1.82, 2.24) is 14.1 Å². The van der Waals surface area contributed by atoms with Gasteiger partial charge in [-0.05, 0) is 71.7 Å². The first-order valence-electron chi connectivity index (χ1n) is 12.5. The number of benzene rings is 1. The summed E-state index contributed by atoms with van der Waals surface area (Å²) in [7, 11) is -3.92. The molecule has 202 valence electrons. The van der Waals surface area contributed by atoms with Crippen molar-refractivity contribution in [2.45, 2.75) is 81.2 Å². The maximum atomic E-state index is 13.9. The lowest BCUT2D eigenvalue weighted by atomic mass is 9.94. The fourth-order valence-corrected chi connectivity index (χ4v) is 7.12. The van der Waals surface area contributed by atoms with E-state index in [2.05, 4.69) is 4.90 Å². The number of morpholine rings is 1. The first-order chi connectivity index (χ1) is 16.7. The van der Waals surface area contributed by atoms with E-state index in [0.717, 1.165) is 0 Å². The minimum absolute atomic E-state index is 0.0364. The van der Waals surface area contributed by atoms with Gasteiger partial charge in [0.05, 0.1) is 35.8 Å². The third-order valence-corrected chi connectivity index (χ3v) is 10.4. The lowest BCUT2D eigenvalue weighted by molar-refractivity contribution is -0.148. The third-order valence-electron chi connectivity index (χ3n) is 8.12. The van der Waals surface area contributed by atoms with Crippen molar-refractivity contribution >= 4 is 27.7 Å². The zero-order valence-corrected chi connectivity index (χ0v) is 23.3. The van der Waals surface area contributed by atoms with Crippen LogP contribution in [-0.2, 0) is 19.5 Å². The summed E-state index contributed by atoms with van der Waals surface area (Å²) in [5, 5.41) is 10.1. The molecule has 1 aromatic rings. The van der Waals surface area contributed by atoms with Crippen LogP contribution in [0.15, 0.2) is 29.2 Å². The molecular weight excluding hydrogens is 506 g/mol. The summed E-state index contributed by atoms with van der Waals surface area (Å²) in [6.45, 7) is 11.9. The highest BCUT2D eigenvalue weighted by molar-refractivity contribution is 7.89. The second-order valence-corrected chi connectivity index (χ2v) is 13.6. The molecule has 3 fully saturated rings. The van der Waals surface area contributed by atoms with Crippen LogP contribution in [0.4, 0.5) is 4.79 Å². The number of sulfonamides is 1. The molecule has 0 unspecified atom stereocenters. The molecule has 3 aliphatic rings. The van der Waals surface area contributed by atoms with Gasteiger partial charge >= 0.3 is 6.09 Å². The van der Waals surface area contributed by atoms with Crippen LogP contribution in [0.3, 0.4) is 0 Å². The highest BCUT2D eigenvalue weighted by Crippen LogP contribution is 2.49. The molecule has 4 rings (SSSR count). The number of amides is 1. The Hall–Kier alpha value is -1.43. The van der Waals surface area contributed by atoms with Crippen molar-refractivity contribution in [3.05, 3.63) is 29.3 Å².